The van der Waals surface area contributed by atoms with E-state index in [9.17, 15) is 0 Å². The van der Waals surface area contributed by atoms with Crippen molar-refractivity contribution in [3.05, 3.63) is 65.7 Å². The third kappa shape index (κ3) is 2.79. The van der Waals surface area contributed by atoms with Crippen LogP contribution in [0.4, 0.5) is 5.69 Å². The molecule has 0 amide bonds. The fourth-order valence-corrected chi connectivity index (χ4v) is 2.56. The van der Waals surface area contributed by atoms with E-state index in [0.29, 0.717) is 6.73 Å². The minimum atomic E-state index is 0.238. The maximum absolute atomic E-state index is 6.00. The zero-order valence-electron chi connectivity index (χ0n) is 11.3. The van der Waals surface area contributed by atoms with E-state index < -0.39 is 0 Å². The van der Waals surface area contributed by atoms with Gasteiger partial charge in [0.15, 0.2) is 0 Å². The van der Waals surface area contributed by atoms with Crippen LogP contribution in [0.1, 0.15) is 23.7 Å². The van der Waals surface area contributed by atoms with Gasteiger partial charge in [0.05, 0.1) is 6.10 Å². The summed E-state index contributed by atoms with van der Waals surface area (Å²) < 4.78 is 6.00. The Morgan fingerprint density at radius 1 is 1.05 bits per heavy atom. The Labute approximate surface area is 114 Å². The molecule has 2 nitrogen and oxygen atoms in total. The van der Waals surface area contributed by atoms with Gasteiger partial charge in [0, 0.05) is 12.2 Å². The van der Waals surface area contributed by atoms with Gasteiger partial charge >= 0.3 is 0 Å². The number of hydrogen-bond acceptors (Lipinski definition) is 2. The minimum Gasteiger partial charge on any atom is -0.353 e. The lowest BCUT2D eigenvalue weighted by Crippen LogP contribution is -2.34. The molecule has 1 aliphatic rings. The lowest BCUT2D eigenvalue weighted by Gasteiger charge is -2.34. The summed E-state index contributed by atoms with van der Waals surface area (Å²) in [5, 5.41) is 0. The molecular formula is C17H19NO. The molecule has 0 N–H and O–H groups in total. The second-order valence-electron chi connectivity index (χ2n) is 5.09. The Hall–Kier alpha value is -1.80. The van der Waals surface area contributed by atoms with Gasteiger partial charge in [-0.3, -0.25) is 0 Å². The number of benzene rings is 2. The van der Waals surface area contributed by atoms with E-state index in [1.807, 2.05) is 6.07 Å². The second-order valence-corrected chi connectivity index (χ2v) is 5.09. The van der Waals surface area contributed by atoms with Crippen LogP contribution in [0.2, 0.25) is 0 Å². The topological polar surface area (TPSA) is 12.5 Å². The van der Waals surface area contributed by atoms with Crippen LogP contribution < -0.4 is 4.90 Å². The number of anilines is 1. The Balaban J connectivity index is 1.67. The molecule has 1 aliphatic heterocycles. The molecule has 2 aromatic carbocycles. The summed E-state index contributed by atoms with van der Waals surface area (Å²) in [6, 6.07) is 19.1. The van der Waals surface area contributed by atoms with Gasteiger partial charge in [-0.2, -0.15) is 0 Å². The fraction of sp³-hybridized carbons (Fsp3) is 0.294. The maximum atomic E-state index is 6.00. The highest BCUT2D eigenvalue weighted by molar-refractivity contribution is 5.48. The lowest BCUT2D eigenvalue weighted by molar-refractivity contribution is 0.0241. The Bertz CT molecular complexity index is 530. The van der Waals surface area contributed by atoms with Crippen molar-refractivity contribution in [3.63, 3.8) is 0 Å². The first-order valence-corrected chi connectivity index (χ1v) is 6.81. The molecule has 0 aliphatic carbocycles. The van der Waals surface area contributed by atoms with E-state index in [0.717, 1.165) is 13.0 Å². The van der Waals surface area contributed by atoms with Crippen molar-refractivity contribution < 1.29 is 4.74 Å². The Morgan fingerprint density at radius 2 is 1.89 bits per heavy atom. The zero-order chi connectivity index (χ0) is 13.1. The Kier molecular flexibility index (Phi) is 3.51. The Morgan fingerprint density at radius 3 is 2.58 bits per heavy atom. The number of hydrogen-bond donors (Lipinski definition) is 0. The molecule has 0 unspecified atom stereocenters. The highest BCUT2D eigenvalue weighted by Crippen LogP contribution is 2.28. The van der Waals surface area contributed by atoms with Crippen LogP contribution in [0.3, 0.4) is 0 Å². The maximum Gasteiger partial charge on any atom is 0.119 e. The molecule has 1 fully saturated rings. The van der Waals surface area contributed by atoms with Gasteiger partial charge in [0.1, 0.15) is 6.73 Å². The standard InChI is InChI=1S/C17H19NO/c1-14-6-5-9-16(12-14)18-11-10-17(19-13-18)15-7-3-2-4-8-15/h2-9,12,17H,10-11,13H2,1H3/t17-/m0/s1. The van der Waals surface area contributed by atoms with E-state index in [-0.39, 0.29) is 6.10 Å². The summed E-state index contributed by atoms with van der Waals surface area (Å²) in [7, 11) is 0. The van der Waals surface area contributed by atoms with E-state index in [2.05, 4.69) is 60.4 Å². The normalized spacial score (nSPS) is 19.4. The van der Waals surface area contributed by atoms with Crippen LogP contribution in [0, 0.1) is 6.92 Å². The van der Waals surface area contributed by atoms with Crippen molar-refractivity contribution in [1.29, 1.82) is 0 Å². The van der Waals surface area contributed by atoms with Crippen LogP contribution in [0.25, 0.3) is 0 Å². The van der Waals surface area contributed by atoms with Gasteiger partial charge < -0.3 is 9.64 Å². The van der Waals surface area contributed by atoms with Crippen molar-refractivity contribution in [2.75, 3.05) is 18.2 Å². The predicted octanol–water partition coefficient (Wildman–Crippen LogP) is 3.92. The third-order valence-corrected chi connectivity index (χ3v) is 3.63. The molecule has 2 heteroatoms. The molecule has 2 aromatic rings. The average molecular weight is 253 g/mol. The van der Waals surface area contributed by atoms with Crippen LogP contribution in [0.5, 0.6) is 0 Å². The molecule has 0 aromatic heterocycles. The van der Waals surface area contributed by atoms with Crippen LogP contribution >= 0.6 is 0 Å². The summed E-state index contributed by atoms with van der Waals surface area (Å²) in [5.41, 5.74) is 3.83. The lowest BCUT2D eigenvalue weighted by atomic mass is 10.1. The smallest absolute Gasteiger partial charge is 0.119 e. The molecule has 1 atom stereocenters. The summed E-state index contributed by atoms with van der Waals surface area (Å²) in [4.78, 5) is 2.30. The van der Waals surface area contributed by atoms with Crippen molar-refractivity contribution in [2.45, 2.75) is 19.4 Å². The number of rotatable bonds is 2. The van der Waals surface area contributed by atoms with Crippen molar-refractivity contribution in [3.8, 4) is 0 Å². The number of aryl methyl sites for hydroxylation is 1. The first kappa shape index (κ1) is 12.2. The summed E-state index contributed by atoms with van der Waals surface area (Å²) >= 11 is 0. The van der Waals surface area contributed by atoms with Gasteiger partial charge in [-0.25, -0.2) is 0 Å². The first-order chi connectivity index (χ1) is 9.33. The molecule has 0 radical (unpaired) electrons. The quantitative estimate of drug-likeness (QED) is 0.804. The number of ether oxygens (including phenoxy) is 1. The molecule has 1 heterocycles. The van der Waals surface area contributed by atoms with Crippen LogP contribution in [-0.2, 0) is 4.74 Å². The molecule has 1 saturated heterocycles. The predicted molar refractivity (Wildman–Crippen MR) is 78.3 cm³/mol. The fourth-order valence-electron chi connectivity index (χ4n) is 2.56. The minimum absolute atomic E-state index is 0.238. The highest BCUT2D eigenvalue weighted by Gasteiger charge is 2.20. The van der Waals surface area contributed by atoms with Crippen molar-refractivity contribution in [2.24, 2.45) is 0 Å². The molecular weight excluding hydrogens is 234 g/mol. The van der Waals surface area contributed by atoms with Gasteiger partial charge in [-0.05, 0) is 36.6 Å². The van der Waals surface area contributed by atoms with E-state index >= 15 is 0 Å². The SMILES string of the molecule is Cc1cccc(N2CC[C@@H](c3ccccc3)OC2)c1. The van der Waals surface area contributed by atoms with E-state index in [1.165, 1.54) is 16.8 Å². The van der Waals surface area contributed by atoms with Gasteiger partial charge in [-0.15, -0.1) is 0 Å². The summed E-state index contributed by atoms with van der Waals surface area (Å²) in [6.07, 6.45) is 1.28. The first-order valence-electron chi connectivity index (χ1n) is 6.81. The molecule has 0 spiro atoms. The monoisotopic (exact) mass is 253 g/mol. The third-order valence-electron chi connectivity index (χ3n) is 3.63. The molecule has 19 heavy (non-hydrogen) atoms. The highest BCUT2D eigenvalue weighted by atomic mass is 16.5. The van der Waals surface area contributed by atoms with E-state index in [4.69, 9.17) is 4.74 Å². The largest absolute Gasteiger partial charge is 0.353 e. The molecule has 3 rings (SSSR count). The second kappa shape index (κ2) is 5.45. The molecule has 0 bridgehead atoms. The van der Waals surface area contributed by atoms with Crippen molar-refractivity contribution in [1.82, 2.24) is 0 Å². The van der Waals surface area contributed by atoms with Gasteiger partial charge in [0.25, 0.3) is 0 Å². The van der Waals surface area contributed by atoms with Crippen LogP contribution in [0.15, 0.2) is 54.6 Å². The molecule has 98 valence electrons. The van der Waals surface area contributed by atoms with Crippen LogP contribution in [-0.4, -0.2) is 13.3 Å². The van der Waals surface area contributed by atoms with Gasteiger partial charge in [-0.1, -0.05) is 42.5 Å². The summed E-state index contributed by atoms with van der Waals surface area (Å²) in [6.45, 7) is 3.84. The van der Waals surface area contributed by atoms with Crippen molar-refractivity contribution >= 4 is 5.69 Å². The average Bonchev–Trinajstić information content (AvgIpc) is 2.48. The number of nitrogens with zero attached hydrogens (tertiary/aromatic N) is 1. The van der Waals surface area contributed by atoms with E-state index in [1.54, 1.807) is 0 Å². The zero-order valence-corrected chi connectivity index (χ0v) is 11.3. The van der Waals surface area contributed by atoms with Gasteiger partial charge in [0.2, 0.25) is 0 Å². The summed E-state index contributed by atoms with van der Waals surface area (Å²) in [5.74, 6) is 0. The molecule has 0 saturated carbocycles.